The number of rotatable bonds is 4. The first-order valence-electron chi connectivity index (χ1n) is 5.19. The fourth-order valence-corrected chi connectivity index (χ4v) is 3.51. The molecule has 17 heavy (non-hydrogen) atoms. The minimum absolute atomic E-state index is 0.199. The Balaban J connectivity index is 1.98. The zero-order chi connectivity index (χ0) is 12.3. The van der Waals surface area contributed by atoms with Gasteiger partial charge in [-0.05, 0) is 49.9 Å². The van der Waals surface area contributed by atoms with E-state index in [4.69, 9.17) is 0 Å². The van der Waals surface area contributed by atoms with E-state index < -0.39 is 0 Å². The average molecular weight is 374 g/mol. The molecule has 1 nitrogen and oxygen atoms in total. The van der Waals surface area contributed by atoms with E-state index in [-0.39, 0.29) is 5.78 Å². The molecular formula is C13H10Br2OS. The van der Waals surface area contributed by atoms with E-state index in [1.807, 2.05) is 36.4 Å². The van der Waals surface area contributed by atoms with Crippen LogP contribution in [0.3, 0.4) is 0 Å². The average Bonchev–Trinajstić information content (AvgIpc) is 2.68. The van der Waals surface area contributed by atoms with Gasteiger partial charge in [0.15, 0.2) is 5.78 Å². The van der Waals surface area contributed by atoms with Crippen molar-refractivity contribution in [3.63, 3.8) is 0 Å². The van der Waals surface area contributed by atoms with Crippen LogP contribution < -0.4 is 0 Å². The van der Waals surface area contributed by atoms with Crippen LogP contribution in [0.2, 0.25) is 0 Å². The van der Waals surface area contributed by atoms with Crippen molar-refractivity contribution in [2.45, 2.75) is 12.8 Å². The summed E-state index contributed by atoms with van der Waals surface area (Å²) in [6.07, 6.45) is 1.36. The molecule has 0 N–H and O–H groups in total. The molecule has 0 spiro atoms. The molecule has 1 aromatic heterocycles. The second kappa shape index (κ2) is 5.94. The number of aryl methyl sites for hydroxylation is 1. The van der Waals surface area contributed by atoms with Gasteiger partial charge < -0.3 is 0 Å². The molecule has 1 aromatic carbocycles. The first-order chi connectivity index (χ1) is 8.16. The molecule has 88 valence electrons. The van der Waals surface area contributed by atoms with Crippen molar-refractivity contribution in [1.29, 1.82) is 0 Å². The molecule has 0 unspecified atom stereocenters. The summed E-state index contributed by atoms with van der Waals surface area (Å²) in [6, 6.07) is 12.0. The number of hydrogen-bond donors (Lipinski definition) is 0. The quantitative estimate of drug-likeness (QED) is 0.682. The van der Waals surface area contributed by atoms with E-state index in [0.717, 1.165) is 19.6 Å². The van der Waals surface area contributed by atoms with Crippen molar-refractivity contribution in [1.82, 2.24) is 0 Å². The molecule has 0 bridgehead atoms. The van der Waals surface area contributed by atoms with E-state index in [1.54, 1.807) is 0 Å². The van der Waals surface area contributed by atoms with Crippen LogP contribution in [0.15, 0.2) is 44.7 Å². The molecule has 0 aliphatic carbocycles. The molecule has 0 radical (unpaired) electrons. The smallest absolute Gasteiger partial charge is 0.173 e. The third-order valence-electron chi connectivity index (χ3n) is 2.40. The van der Waals surface area contributed by atoms with E-state index in [0.29, 0.717) is 6.42 Å². The van der Waals surface area contributed by atoms with Gasteiger partial charge in [-0.15, -0.1) is 11.3 Å². The first-order valence-corrected chi connectivity index (χ1v) is 7.59. The summed E-state index contributed by atoms with van der Waals surface area (Å²) in [5, 5.41) is 0. The standard InChI is InChI=1S/C13H10Br2OS/c14-10-8-12(17-13(10)15)11(16)7-6-9-4-2-1-3-5-9/h1-5,8H,6-7H2. The summed E-state index contributed by atoms with van der Waals surface area (Å²) in [6.45, 7) is 0. The van der Waals surface area contributed by atoms with Crippen LogP contribution in [0.5, 0.6) is 0 Å². The van der Waals surface area contributed by atoms with Gasteiger partial charge in [-0.2, -0.15) is 0 Å². The molecule has 0 amide bonds. The molecule has 2 rings (SSSR count). The fraction of sp³-hybridized carbons (Fsp3) is 0.154. The Labute approximate surface area is 121 Å². The van der Waals surface area contributed by atoms with Gasteiger partial charge >= 0.3 is 0 Å². The first kappa shape index (κ1) is 13.0. The Morgan fingerprint density at radius 1 is 1.18 bits per heavy atom. The number of Topliss-reactive ketones (excluding diaryl/α,β-unsaturated/α-hetero) is 1. The summed E-state index contributed by atoms with van der Waals surface area (Å²) < 4.78 is 1.92. The zero-order valence-electron chi connectivity index (χ0n) is 8.95. The molecule has 0 saturated carbocycles. The van der Waals surface area contributed by atoms with Crippen LogP contribution in [-0.2, 0) is 6.42 Å². The van der Waals surface area contributed by atoms with E-state index in [9.17, 15) is 4.79 Å². The second-order valence-corrected chi connectivity index (χ2v) is 6.87. The van der Waals surface area contributed by atoms with Gasteiger partial charge in [0.2, 0.25) is 0 Å². The number of benzene rings is 1. The van der Waals surface area contributed by atoms with Crippen molar-refractivity contribution < 1.29 is 4.79 Å². The van der Waals surface area contributed by atoms with Crippen LogP contribution in [0, 0.1) is 0 Å². The van der Waals surface area contributed by atoms with E-state index in [1.165, 1.54) is 16.9 Å². The molecule has 2 aromatic rings. The fourth-order valence-electron chi connectivity index (χ4n) is 1.51. The van der Waals surface area contributed by atoms with Gasteiger partial charge in [0, 0.05) is 10.9 Å². The predicted octanol–water partition coefficient (Wildman–Crippen LogP) is 5.09. The van der Waals surface area contributed by atoms with Crippen molar-refractivity contribution >= 4 is 49.0 Å². The summed E-state index contributed by atoms with van der Waals surface area (Å²) in [4.78, 5) is 12.8. The highest BCUT2D eigenvalue weighted by atomic mass is 79.9. The molecule has 0 fully saturated rings. The Kier molecular flexibility index (Phi) is 4.54. The summed E-state index contributed by atoms with van der Waals surface area (Å²) in [5.41, 5.74) is 1.20. The maximum absolute atomic E-state index is 12.0. The van der Waals surface area contributed by atoms with Gasteiger partial charge in [0.1, 0.15) is 0 Å². The SMILES string of the molecule is O=C(CCc1ccccc1)c1cc(Br)c(Br)s1. The van der Waals surface area contributed by atoms with E-state index in [2.05, 4.69) is 31.9 Å². The van der Waals surface area contributed by atoms with Gasteiger partial charge in [-0.1, -0.05) is 30.3 Å². The highest BCUT2D eigenvalue weighted by Gasteiger charge is 2.11. The zero-order valence-corrected chi connectivity index (χ0v) is 12.9. The lowest BCUT2D eigenvalue weighted by Crippen LogP contribution is -1.98. The minimum Gasteiger partial charge on any atom is -0.293 e. The van der Waals surface area contributed by atoms with Crippen molar-refractivity contribution in [2.24, 2.45) is 0 Å². The number of hydrogen-bond acceptors (Lipinski definition) is 2. The molecule has 0 aliphatic rings. The Morgan fingerprint density at radius 3 is 2.47 bits per heavy atom. The predicted molar refractivity (Wildman–Crippen MR) is 78.8 cm³/mol. The molecule has 1 heterocycles. The topological polar surface area (TPSA) is 17.1 Å². The van der Waals surface area contributed by atoms with Gasteiger partial charge in [0.25, 0.3) is 0 Å². The maximum Gasteiger partial charge on any atom is 0.173 e. The van der Waals surface area contributed by atoms with Gasteiger partial charge in [-0.25, -0.2) is 0 Å². The molecule has 0 aliphatic heterocycles. The number of halogens is 2. The van der Waals surface area contributed by atoms with Crippen molar-refractivity contribution in [3.8, 4) is 0 Å². The maximum atomic E-state index is 12.0. The summed E-state index contributed by atoms with van der Waals surface area (Å²) >= 11 is 8.27. The third-order valence-corrected chi connectivity index (χ3v) is 5.70. The van der Waals surface area contributed by atoms with Crippen LogP contribution in [0.25, 0.3) is 0 Å². The van der Waals surface area contributed by atoms with Crippen LogP contribution >= 0.6 is 43.2 Å². The van der Waals surface area contributed by atoms with Crippen LogP contribution in [0.4, 0.5) is 0 Å². The highest BCUT2D eigenvalue weighted by molar-refractivity contribution is 9.13. The third kappa shape index (κ3) is 3.50. The Bertz CT molecular complexity index is 500. The van der Waals surface area contributed by atoms with Crippen molar-refractivity contribution in [3.05, 3.63) is 55.1 Å². The monoisotopic (exact) mass is 372 g/mol. The molecule has 0 atom stereocenters. The number of thiophene rings is 1. The Morgan fingerprint density at radius 2 is 1.88 bits per heavy atom. The lowest BCUT2D eigenvalue weighted by Gasteiger charge is -1.99. The lowest BCUT2D eigenvalue weighted by atomic mass is 10.1. The summed E-state index contributed by atoms with van der Waals surface area (Å²) in [7, 11) is 0. The van der Waals surface area contributed by atoms with Gasteiger partial charge in [0.05, 0.1) is 8.66 Å². The van der Waals surface area contributed by atoms with Crippen LogP contribution in [0.1, 0.15) is 21.7 Å². The van der Waals surface area contributed by atoms with Crippen molar-refractivity contribution in [2.75, 3.05) is 0 Å². The van der Waals surface area contributed by atoms with E-state index >= 15 is 0 Å². The van der Waals surface area contributed by atoms with Crippen LogP contribution in [-0.4, -0.2) is 5.78 Å². The molecule has 4 heteroatoms. The minimum atomic E-state index is 0.199. The number of carbonyl (C=O) groups excluding carboxylic acids is 1. The highest BCUT2D eigenvalue weighted by Crippen LogP contribution is 2.33. The number of carbonyl (C=O) groups is 1. The number of ketones is 1. The normalized spacial score (nSPS) is 10.5. The molecule has 0 saturated heterocycles. The second-order valence-electron chi connectivity index (χ2n) is 3.64. The largest absolute Gasteiger partial charge is 0.293 e. The Hall–Kier alpha value is -0.450. The van der Waals surface area contributed by atoms with Gasteiger partial charge in [-0.3, -0.25) is 4.79 Å². The summed E-state index contributed by atoms with van der Waals surface area (Å²) in [5.74, 6) is 0.199. The lowest BCUT2D eigenvalue weighted by molar-refractivity contribution is 0.0986. The molecular weight excluding hydrogens is 364 g/mol.